The molecule has 0 saturated carbocycles. The van der Waals surface area contributed by atoms with Crippen molar-refractivity contribution in [2.24, 2.45) is 0 Å². The lowest BCUT2D eigenvalue weighted by Gasteiger charge is -2.12. The summed E-state index contributed by atoms with van der Waals surface area (Å²) in [5.41, 5.74) is 0.166. The molecule has 7 heteroatoms. The number of carbonyl (C=O) groups excluding carboxylic acids is 1. The fourth-order valence-electron chi connectivity index (χ4n) is 1.79. The molecule has 0 atom stereocenters. The van der Waals surface area contributed by atoms with Crippen molar-refractivity contribution in [1.82, 2.24) is 4.31 Å². The van der Waals surface area contributed by atoms with Gasteiger partial charge in [0.2, 0.25) is 10.0 Å². The Kier molecular flexibility index (Phi) is 4.58. The number of anilines is 1. The largest absolute Gasteiger partial charge is 0.322 e. The van der Waals surface area contributed by atoms with Crippen LogP contribution in [0.15, 0.2) is 53.4 Å². The maximum atomic E-state index is 13.6. The van der Waals surface area contributed by atoms with Gasteiger partial charge in [0.15, 0.2) is 0 Å². The number of nitrogens with one attached hydrogen (secondary N) is 1. The number of benzene rings is 2. The normalized spacial score (nSPS) is 11.5. The van der Waals surface area contributed by atoms with Crippen LogP contribution in [0.2, 0.25) is 0 Å². The van der Waals surface area contributed by atoms with E-state index in [2.05, 4.69) is 5.32 Å². The molecule has 0 bridgehead atoms. The van der Waals surface area contributed by atoms with Crippen LogP contribution < -0.4 is 5.32 Å². The van der Waals surface area contributed by atoms with Gasteiger partial charge in [-0.25, -0.2) is 17.1 Å². The summed E-state index contributed by atoms with van der Waals surface area (Å²) in [6.45, 7) is 0. The Morgan fingerprint density at radius 1 is 1.09 bits per heavy atom. The Morgan fingerprint density at radius 2 is 1.77 bits per heavy atom. The number of hydrogen-bond acceptors (Lipinski definition) is 3. The van der Waals surface area contributed by atoms with Crippen molar-refractivity contribution in [3.05, 3.63) is 59.9 Å². The van der Waals surface area contributed by atoms with Gasteiger partial charge >= 0.3 is 0 Å². The van der Waals surface area contributed by atoms with Crippen molar-refractivity contribution in [1.29, 1.82) is 0 Å². The van der Waals surface area contributed by atoms with Crippen molar-refractivity contribution in [2.75, 3.05) is 19.4 Å². The van der Waals surface area contributed by atoms with E-state index in [0.29, 0.717) is 0 Å². The van der Waals surface area contributed by atoms with Gasteiger partial charge in [0.1, 0.15) is 5.82 Å². The molecule has 0 unspecified atom stereocenters. The van der Waals surface area contributed by atoms with Crippen molar-refractivity contribution in [3.63, 3.8) is 0 Å². The van der Waals surface area contributed by atoms with E-state index in [-0.39, 0.29) is 16.1 Å². The highest BCUT2D eigenvalue weighted by Crippen LogP contribution is 2.19. The third-order valence-corrected chi connectivity index (χ3v) is 4.80. The highest BCUT2D eigenvalue weighted by Gasteiger charge is 2.18. The summed E-state index contributed by atoms with van der Waals surface area (Å²) < 4.78 is 38.7. The summed E-state index contributed by atoms with van der Waals surface area (Å²) in [4.78, 5) is 12.1. The Labute approximate surface area is 128 Å². The third kappa shape index (κ3) is 3.32. The zero-order chi connectivity index (χ0) is 16.3. The first-order valence-electron chi connectivity index (χ1n) is 6.41. The van der Waals surface area contributed by atoms with Gasteiger partial charge in [-0.05, 0) is 30.3 Å². The van der Waals surface area contributed by atoms with Gasteiger partial charge in [-0.15, -0.1) is 0 Å². The summed E-state index contributed by atoms with van der Waals surface area (Å²) >= 11 is 0. The van der Waals surface area contributed by atoms with Crippen LogP contribution in [0.4, 0.5) is 10.1 Å². The molecule has 0 spiro atoms. The van der Waals surface area contributed by atoms with Crippen molar-refractivity contribution in [2.45, 2.75) is 4.90 Å². The van der Waals surface area contributed by atoms with Gasteiger partial charge in [0.25, 0.3) is 5.91 Å². The second kappa shape index (κ2) is 6.25. The first-order chi connectivity index (χ1) is 10.3. The van der Waals surface area contributed by atoms with Crippen LogP contribution in [-0.4, -0.2) is 32.7 Å². The van der Waals surface area contributed by atoms with Gasteiger partial charge in [-0.1, -0.05) is 18.2 Å². The molecular formula is C15H15FN2O3S. The Balaban J connectivity index is 2.29. The fourth-order valence-corrected chi connectivity index (χ4v) is 2.74. The van der Waals surface area contributed by atoms with Gasteiger partial charge < -0.3 is 5.32 Å². The van der Waals surface area contributed by atoms with Gasteiger partial charge in [0.05, 0.1) is 10.5 Å². The first kappa shape index (κ1) is 16.1. The van der Waals surface area contributed by atoms with E-state index >= 15 is 0 Å². The van der Waals surface area contributed by atoms with E-state index in [1.54, 1.807) is 6.07 Å². The SMILES string of the molecule is CN(C)S(=O)(=O)c1cccc(NC(=O)c2ccccc2F)c1. The molecule has 0 aliphatic rings. The monoisotopic (exact) mass is 322 g/mol. The summed E-state index contributed by atoms with van der Waals surface area (Å²) in [6, 6.07) is 11.4. The highest BCUT2D eigenvalue weighted by molar-refractivity contribution is 7.89. The molecule has 116 valence electrons. The Bertz CT molecular complexity index is 804. The number of carbonyl (C=O) groups is 1. The second-order valence-corrected chi connectivity index (χ2v) is 6.90. The summed E-state index contributed by atoms with van der Waals surface area (Å²) in [5, 5.41) is 2.49. The minimum atomic E-state index is -3.60. The smallest absolute Gasteiger partial charge is 0.258 e. The highest BCUT2D eigenvalue weighted by atomic mass is 32.2. The molecule has 1 amide bonds. The van der Waals surface area contributed by atoms with Crippen LogP contribution in [0.3, 0.4) is 0 Å². The number of halogens is 1. The molecule has 22 heavy (non-hydrogen) atoms. The van der Waals surface area contributed by atoms with E-state index < -0.39 is 21.7 Å². The number of hydrogen-bond donors (Lipinski definition) is 1. The van der Waals surface area contributed by atoms with Crippen LogP contribution >= 0.6 is 0 Å². The summed E-state index contributed by atoms with van der Waals surface area (Å²) in [7, 11) is -0.767. The lowest BCUT2D eigenvalue weighted by atomic mass is 10.2. The van der Waals surface area contributed by atoms with E-state index in [0.717, 1.165) is 4.31 Å². The van der Waals surface area contributed by atoms with Gasteiger partial charge in [-0.2, -0.15) is 0 Å². The van der Waals surface area contributed by atoms with Crippen LogP contribution in [0.1, 0.15) is 10.4 Å². The van der Waals surface area contributed by atoms with Crippen LogP contribution in [-0.2, 0) is 10.0 Å². The van der Waals surface area contributed by atoms with Crippen molar-refractivity contribution < 1.29 is 17.6 Å². The maximum absolute atomic E-state index is 13.6. The quantitative estimate of drug-likeness (QED) is 0.939. The third-order valence-electron chi connectivity index (χ3n) is 2.99. The van der Waals surface area contributed by atoms with Crippen LogP contribution in [0.25, 0.3) is 0 Å². The average molecular weight is 322 g/mol. The molecule has 0 fully saturated rings. The Hall–Kier alpha value is -2.25. The number of nitrogens with zero attached hydrogens (tertiary/aromatic N) is 1. The minimum Gasteiger partial charge on any atom is -0.322 e. The predicted molar refractivity (Wildman–Crippen MR) is 81.7 cm³/mol. The van der Waals surface area contributed by atoms with Crippen LogP contribution in [0.5, 0.6) is 0 Å². The second-order valence-electron chi connectivity index (χ2n) is 4.75. The van der Waals surface area contributed by atoms with Gasteiger partial charge in [0, 0.05) is 19.8 Å². The van der Waals surface area contributed by atoms with Crippen molar-refractivity contribution >= 4 is 21.6 Å². The van der Waals surface area contributed by atoms with E-state index in [9.17, 15) is 17.6 Å². The van der Waals surface area contributed by atoms with E-state index in [4.69, 9.17) is 0 Å². The molecule has 2 aromatic carbocycles. The van der Waals surface area contributed by atoms with E-state index in [1.807, 2.05) is 0 Å². The lowest BCUT2D eigenvalue weighted by molar-refractivity contribution is 0.102. The Morgan fingerprint density at radius 3 is 2.41 bits per heavy atom. The van der Waals surface area contributed by atoms with E-state index in [1.165, 1.54) is 56.6 Å². The zero-order valence-electron chi connectivity index (χ0n) is 12.1. The zero-order valence-corrected chi connectivity index (χ0v) is 12.9. The molecule has 0 aliphatic carbocycles. The predicted octanol–water partition coefficient (Wildman–Crippen LogP) is 2.33. The standard InChI is InChI=1S/C15H15FN2O3S/c1-18(2)22(20,21)12-7-5-6-11(10-12)17-15(19)13-8-3-4-9-14(13)16/h3-10H,1-2H3,(H,17,19). The number of amides is 1. The lowest BCUT2D eigenvalue weighted by Crippen LogP contribution is -2.22. The topological polar surface area (TPSA) is 66.5 Å². The molecule has 2 rings (SSSR count). The summed E-state index contributed by atoms with van der Waals surface area (Å²) in [6.07, 6.45) is 0. The number of rotatable bonds is 4. The maximum Gasteiger partial charge on any atom is 0.258 e. The minimum absolute atomic E-state index is 0.0452. The molecule has 0 saturated heterocycles. The molecule has 1 N–H and O–H groups in total. The van der Waals surface area contributed by atoms with Crippen LogP contribution in [0, 0.1) is 5.82 Å². The summed E-state index contributed by atoms with van der Waals surface area (Å²) in [5.74, 6) is -1.28. The fraction of sp³-hybridized carbons (Fsp3) is 0.133. The molecule has 2 aromatic rings. The molecular weight excluding hydrogens is 307 g/mol. The molecule has 0 aromatic heterocycles. The van der Waals surface area contributed by atoms with Crippen molar-refractivity contribution in [3.8, 4) is 0 Å². The first-order valence-corrected chi connectivity index (χ1v) is 7.85. The average Bonchev–Trinajstić information content (AvgIpc) is 2.47. The molecule has 0 heterocycles. The molecule has 5 nitrogen and oxygen atoms in total. The molecule has 0 aliphatic heterocycles. The molecule has 0 radical (unpaired) electrons. The van der Waals surface area contributed by atoms with Gasteiger partial charge in [-0.3, -0.25) is 4.79 Å². The number of sulfonamides is 1.